The lowest BCUT2D eigenvalue weighted by Crippen LogP contribution is -2.41. The Morgan fingerprint density at radius 2 is 2.00 bits per heavy atom. The van der Waals surface area contributed by atoms with Crippen molar-refractivity contribution in [1.29, 1.82) is 0 Å². The predicted molar refractivity (Wildman–Crippen MR) is 77.6 cm³/mol. The third-order valence-corrected chi connectivity index (χ3v) is 3.41. The Bertz CT molecular complexity index is 474. The molecule has 0 N–H and O–H groups in total. The van der Waals surface area contributed by atoms with Crippen LogP contribution in [0.15, 0.2) is 30.3 Å². The van der Waals surface area contributed by atoms with Crippen molar-refractivity contribution in [1.82, 2.24) is 4.90 Å². The van der Waals surface area contributed by atoms with Crippen molar-refractivity contribution in [2.45, 2.75) is 38.8 Å². The number of benzene rings is 1. The van der Waals surface area contributed by atoms with E-state index in [1.54, 1.807) is 0 Å². The molecule has 1 aliphatic rings. The van der Waals surface area contributed by atoms with Crippen molar-refractivity contribution in [2.24, 2.45) is 0 Å². The number of likely N-dealkylation sites (tertiary alicyclic amines) is 1. The lowest BCUT2D eigenvalue weighted by Gasteiger charge is -2.22. The van der Waals surface area contributed by atoms with E-state index in [9.17, 15) is 9.59 Å². The number of esters is 1. The Morgan fingerprint density at radius 1 is 1.24 bits per heavy atom. The van der Waals surface area contributed by atoms with Gasteiger partial charge in [0.05, 0.1) is 6.61 Å². The van der Waals surface area contributed by atoms with Crippen LogP contribution in [0.5, 0.6) is 0 Å². The van der Waals surface area contributed by atoms with Crippen LogP contribution in [0.3, 0.4) is 0 Å². The molecule has 1 fully saturated rings. The zero-order valence-electron chi connectivity index (χ0n) is 12.3. The summed E-state index contributed by atoms with van der Waals surface area (Å²) >= 11 is 0. The second kappa shape index (κ2) is 7.67. The van der Waals surface area contributed by atoms with Crippen molar-refractivity contribution in [3.63, 3.8) is 0 Å². The number of carbonyl (C=O) groups excluding carboxylic acids is 2. The molecule has 1 heterocycles. The molecule has 1 amide bonds. The molecule has 0 bridgehead atoms. The molecule has 0 aliphatic carbocycles. The van der Waals surface area contributed by atoms with E-state index in [-0.39, 0.29) is 12.6 Å². The summed E-state index contributed by atoms with van der Waals surface area (Å²) in [6.07, 6.45) is 1.77. The largest absolute Gasteiger partial charge is 0.464 e. The predicted octanol–water partition coefficient (Wildman–Crippen LogP) is 2.74. The maximum absolute atomic E-state index is 12.1. The molecule has 1 atom stereocenters. The molecule has 1 unspecified atom stereocenters. The first-order valence-corrected chi connectivity index (χ1v) is 7.36. The zero-order valence-corrected chi connectivity index (χ0v) is 12.3. The van der Waals surface area contributed by atoms with E-state index >= 15 is 0 Å². The van der Waals surface area contributed by atoms with Crippen LogP contribution < -0.4 is 0 Å². The van der Waals surface area contributed by atoms with Crippen LogP contribution in [0.4, 0.5) is 4.79 Å². The standard InChI is InChI=1S/C16H21NO4/c1-2-11-20-15(18)14-9-6-10-17(14)16(19)21-12-13-7-4-3-5-8-13/h3-5,7-8,14H,2,6,9-12H2,1H3. The van der Waals surface area contributed by atoms with E-state index in [2.05, 4.69) is 0 Å². The van der Waals surface area contributed by atoms with Gasteiger partial charge in [0.1, 0.15) is 12.6 Å². The van der Waals surface area contributed by atoms with Gasteiger partial charge < -0.3 is 9.47 Å². The van der Waals surface area contributed by atoms with Gasteiger partial charge in [-0.2, -0.15) is 0 Å². The Balaban J connectivity index is 1.87. The van der Waals surface area contributed by atoms with Crippen LogP contribution in [-0.4, -0.2) is 36.2 Å². The SMILES string of the molecule is CCCOC(=O)C1CCCN1C(=O)OCc1ccccc1. The van der Waals surface area contributed by atoms with Crippen molar-refractivity contribution in [3.05, 3.63) is 35.9 Å². The third kappa shape index (κ3) is 4.21. The summed E-state index contributed by atoms with van der Waals surface area (Å²) in [6, 6.07) is 8.98. The normalized spacial score (nSPS) is 17.6. The molecule has 0 radical (unpaired) electrons. The molecule has 0 spiro atoms. The topological polar surface area (TPSA) is 55.8 Å². The van der Waals surface area contributed by atoms with Crippen LogP contribution >= 0.6 is 0 Å². The molecule has 1 aromatic carbocycles. The molecule has 1 aromatic rings. The highest BCUT2D eigenvalue weighted by Crippen LogP contribution is 2.20. The zero-order chi connectivity index (χ0) is 15.1. The smallest absolute Gasteiger partial charge is 0.410 e. The Morgan fingerprint density at radius 3 is 2.71 bits per heavy atom. The lowest BCUT2D eigenvalue weighted by molar-refractivity contribution is -0.148. The molecule has 5 nitrogen and oxygen atoms in total. The molecule has 21 heavy (non-hydrogen) atoms. The molecule has 1 saturated heterocycles. The van der Waals surface area contributed by atoms with E-state index < -0.39 is 12.1 Å². The van der Waals surface area contributed by atoms with Crippen molar-refractivity contribution in [2.75, 3.05) is 13.2 Å². The fourth-order valence-electron chi connectivity index (χ4n) is 2.33. The molecular formula is C16H21NO4. The van der Waals surface area contributed by atoms with Crippen LogP contribution in [0.1, 0.15) is 31.7 Å². The highest BCUT2D eigenvalue weighted by atomic mass is 16.6. The molecule has 2 rings (SSSR count). The van der Waals surface area contributed by atoms with Gasteiger partial charge in [-0.05, 0) is 24.8 Å². The van der Waals surface area contributed by atoms with Crippen LogP contribution in [0, 0.1) is 0 Å². The minimum absolute atomic E-state index is 0.215. The van der Waals surface area contributed by atoms with Gasteiger partial charge in [-0.15, -0.1) is 0 Å². The minimum Gasteiger partial charge on any atom is -0.464 e. The Kier molecular flexibility index (Phi) is 5.60. The van der Waals surface area contributed by atoms with E-state index in [0.717, 1.165) is 18.4 Å². The average Bonchev–Trinajstić information content (AvgIpc) is 3.01. The number of hydrogen-bond donors (Lipinski definition) is 0. The monoisotopic (exact) mass is 291 g/mol. The first-order valence-electron chi connectivity index (χ1n) is 7.36. The fourth-order valence-corrected chi connectivity index (χ4v) is 2.33. The van der Waals surface area contributed by atoms with E-state index in [0.29, 0.717) is 19.6 Å². The fraction of sp³-hybridized carbons (Fsp3) is 0.500. The lowest BCUT2D eigenvalue weighted by atomic mass is 10.2. The summed E-state index contributed by atoms with van der Waals surface area (Å²) in [5.41, 5.74) is 0.926. The summed E-state index contributed by atoms with van der Waals surface area (Å²) in [5.74, 6) is -0.328. The number of carbonyl (C=O) groups is 2. The van der Waals surface area contributed by atoms with Gasteiger partial charge in [0.15, 0.2) is 0 Å². The Hall–Kier alpha value is -2.04. The summed E-state index contributed by atoms with van der Waals surface area (Å²) < 4.78 is 10.4. The van der Waals surface area contributed by atoms with Gasteiger partial charge >= 0.3 is 12.1 Å². The number of nitrogens with zero attached hydrogens (tertiary/aromatic N) is 1. The molecule has 0 aromatic heterocycles. The minimum atomic E-state index is -0.500. The molecular weight excluding hydrogens is 270 g/mol. The van der Waals surface area contributed by atoms with Gasteiger partial charge in [0.25, 0.3) is 0 Å². The van der Waals surface area contributed by atoms with E-state index in [1.807, 2.05) is 37.3 Å². The van der Waals surface area contributed by atoms with Gasteiger partial charge in [0.2, 0.25) is 0 Å². The van der Waals surface area contributed by atoms with Crippen LogP contribution in [0.25, 0.3) is 0 Å². The number of rotatable bonds is 5. The second-order valence-corrected chi connectivity index (χ2v) is 5.06. The molecule has 0 saturated carbocycles. The average molecular weight is 291 g/mol. The third-order valence-electron chi connectivity index (χ3n) is 3.41. The quantitative estimate of drug-likeness (QED) is 0.783. The Labute approximate surface area is 124 Å². The summed E-state index contributed by atoms with van der Waals surface area (Å²) in [7, 11) is 0. The molecule has 114 valence electrons. The highest BCUT2D eigenvalue weighted by Gasteiger charge is 2.36. The van der Waals surface area contributed by atoms with Crippen molar-refractivity contribution in [3.8, 4) is 0 Å². The highest BCUT2D eigenvalue weighted by molar-refractivity contribution is 5.82. The summed E-state index contributed by atoms with van der Waals surface area (Å²) in [4.78, 5) is 25.5. The van der Waals surface area contributed by atoms with Gasteiger partial charge in [-0.1, -0.05) is 37.3 Å². The maximum atomic E-state index is 12.1. The van der Waals surface area contributed by atoms with Gasteiger partial charge in [-0.25, -0.2) is 9.59 Å². The second-order valence-electron chi connectivity index (χ2n) is 5.06. The van der Waals surface area contributed by atoms with E-state index in [1.165, 1.54) is 4.90 Å². The van der Waals surface area contributed by atoms with Crippen molar-refractivity contribution < 1.29 is 19.1 Å². The van der Waals surface area contributed by atoms with Gasteiger partial charge in [0, 0.05) is 6.54 Å². The van der Waals surface area contributed by atoms with Crippen LogP contribution in [0.2, 0.25) is 0 Å². The number of amides is 1. The van der Waals surface area contributed by atoms with E-state index in [4.69, 9.17) is 9.47 Å². The molecule has 5 heteroatoms. The molecule has 1 aliphatic heterocycles. The van der Waals surface area contributed by atoms with Crippen LogP contribution in [-0.2, 0) is 20.9 Å². The first-order chi connectivity index (χ1) is 10.2. The number of hydrogen-bond acceptors (Lipinski definition) is 4. The number of ether oxygens (including phenoxy) is 2. The summed E-state index contributed by atoms with van der Waals surface area (Å²) in [5, 5.41) is 0. The maximum Gasteiger partial charge on any atom is 0.410 e. The summed E-state index contributed by atoms with van der Waals surface area (Å²) in [6.45, 7) is 3.09. The van der Waals surface area contributed by atoms with Gasteiger partial charge in [-0.3, -0.25) is 4.90 Å². The van der Waals surface area contributed by atoms with Crippen molar-refractivity contribution >= 4 is 12.1 Å². The first kappa shape index (κ1) is 15.4.